The van der Waals surface area contributed by atoms with E-state index in [1.807, 2.05) is 18.2 Å². The third-order valence-electron chi connectivity index (χ3n) is 4.08. The number of carbonyl (C=O) groups is 1. The SMILES string of the molecule is O=C(c1ccc(Cl)cn1)N1CCCC1c1nc(-c2ccccn2)no1. The normalized spacial score (nSPS) is 17.0. The van der Waals surface area contributed by atoms with E-state index in [1.165, 1.54) is 6.20 Å². The van der Waals surface area contributed by atoms with Crippen LogP contribution >= 0.6 is 11.6 Å². The fourth-order valence-electron chi connectivity index (χ4n) is 2.89. The summed E-state index contributed by atoms with van der Waals surface area (Å²) < 4.78 is 5.40. The van der Waals surface area contributed by atoms with Gasteiger partial charge in [-0.2, -0.15) is 4.98 Å². The van der Waals surface area contributed by atoms with Gasteiger partial charge in [-0.15, -0.1) is 0 Å². The van der Waals surface area contributed by atoms with E-state index in [-0.39, 0.29) is 11.9 Å². The standard InChI is InChI=1S/C17H14ClN5O2/c18-11-6-7-13(20-10-11)17(24)23-9-3-5-14(23)16-21-15(22-25-16)12-4-1-2-8-19-12/h1-2,4,6-8,10,14H,3,5,9H2. The number of aromatic nitrogens is 4. The first-order chi connectivity index (χ1) is 12.2. The molecular weight excluding hydrogens is 342 g/mol. The van der Waals surface area contributed by atoms with Crippen molar-refractivity contribution in [2.75, 3.05) is 6.54 Å². The van der Waals surface area contributed by atoms with Crippen LogP contribution in [-0.4, -0.2) is 37.5 Å². The Morgan fingerprint density at radius 1 is 1.24 bits per heavy atom. The molecule has 3 aromatic heterocycles. The zero-order valence-corrected chi connectivity index (χ0v) is 13.9. The Labute approximate surface area is 148 Å². The minimum absolute atomic E-state index is 0.170. The Morgan fingerprint density at radius 2 is 2.16 bits per heavy atom. The number of hydrogen-bond donors (Lipinski definition) is 0. The Hall–Kier alpha value is -2.80. The van der Waals surface area contributed by atoms with E-state index in [1.54, 1.807) is 23.2 Å². The lowest BCUT2D eigenvalue weighted by Gasteiger charge is -2.21. The van der Waals surface area contributed by atoms with Crippen LogP contribution in [0.5, 0.6) is 0 Å². The number of amides is 1. The smallest absolute Gasteiger partial charge is 0.273 e. The predicted octanol–water partition coefficient (Wildman–Crippen LogP) is 3.16. The van der Waals surface area contributed by atoms with E-state index in [9.17, 15) is 4.79 Å². The number of halogens is 1. The monoisotopic (exact) mass is 355 g/mol. The van der Waals surface area contributed by atoms with Gasteiger partial charge in [0.25, 0.3) is 5.91 Å². The Balaban J connectivity index is 1.58. The molecule has 25 heavy (non-hydrogen) atoms. The summed E-state index contributed by atoms with van der Waals surface area (Å²) in [5.74, 6) is 0.664. The molecule has 0 N–H and O–H groups in total. The average molecular weight is 356 g/mol. The largest absolute Gasteiger partial charge is 0.337 e. The van der Waals surface area contributed by atoms with Crippen molar-refractivity contribution in [2.45, 2.75) is 18.9 Å². The maximum Gasteiger partial charge on any atom is 0.273 e. The third-order valence-corrected chi connectivity index (χ3v) is 4.30. The number of pyridine rings is 2. The molecule has 126 valence electrons. The number of carbonyl (C=O) groups excluding carboxylic acids is 1. The molecule has 7 nitrogen and oxygen atoms in total. The van der Waals surface area contributed by atoms with E-state index >= 15 is 0 Å². The van der Waals surface area contributed by atoms with Crippen LogP contribution in [0, 0.1) is 0 Å². The Morgan fingerprint density at radius 3 is 2.92 bits per heavy atom. The van der Waals surface area contributed by atoms with E-state index in [4.69, 9.17) is 16.1 Å². The second kappa shape index (κ2) is 6.60. The van der Waals surface area contributed by atoms with Crippen LogP contribution in [0.3, 0.4) is 0 Å². The summed E-state index contributed by atoms with van der Waals surface area (Å²) in [4.78, 5) is 27.2. The Bertz CT molecular complexity index is 882. The van der Waals surface area contributed by atoms with Gasteiger partial charge in [0.2, 0.25) is 11.7 Å². The first kappa shape index (κ1) is 15.7. The van der Waals surface area contributed by atoms with Crippen LogP contribution in [0.25, 0.3) is 11.5 Å². The van der Waals surface area contributed by atoms with Crippen LogP contribution in [0.1, 0.15) is 35.3 Å². The zero-order valence-electron chi connectivity index (χ0n) is 13.2. The fraction of sp³-hybridized carbons (Fsp3) is 0.235. The maximum atomic E-state index is 12.7. The van der Waals surface area contributed by atoms with E-state index in [0.29, 0.717) is 34.7 Å². The summed E-state index contributed by atoms with van der Waals surface area (Å²) >= 11 is 5.83. The molecule has 0 saturated carbocycles. The van der Waals surface area contributed by atoms with Gasteiger partial charge in [-0.3, -0.25) is 9.78 Å². The molecule has 0 aromatic carbocycles. The minimum Gasteiger partial charge on any atom is -0.337 e. The van der Waals surface area contributed by atoms with Crippen molar-refractivity contribution >= 4 is 17.5 Å². The minimum atomic E-state index is -0.255. The molecule has 0 radical (unpaired) electrons. The van der Waals surface area contributed by atoms with Crippen molar-refractivity contribution in [3.63, 3.8) is 0 Å². The van der Waals surface area contributed by atoms with Gasteiger partial charge in [0.1, 0.15) is 17.4 Å². The fourth-order valence-corrected chi connectivity index (χ4v) is 3.00. The molecule has 4 heterocycles. The van der Waals surface area contributed by atoms with Gasteiger partial charge in [0, 0.05) is 18.9 Å². The molecule has 1 atom stereocenters. The van der Waals surface area contributed by atoms with Crippen LogP contribution in [0.4, 0.5) is 0 Å². The number of likely N-dealkylation sites (tertiary alicyclic amines) is 1. The van der Waals surface area contributed by atoms with Gasteiger partial charge in [-0.25, -0.2) is 4.98 Å². The molecule has 1 amide bonds. The van der Waals surface area contributed by atoms with Gasteiger partial charge >= 0.3 is 0 Å². The molecular formula is C17H14ClN5O2. The molecule has 1 aliphatic rings. The van der Waals surface area contributed by atoms with Crippen molar-refractivity contribution in [1.82, 2.24) is 25.0 Å². The molecule has 4 rings (SSSR count). The first-order valence-electron chi connectivity index (χ1n) is 7.90. The highest BCUT2D eigenvalue weighted by Crippen LogP contribution is 2.32. The summed E-state index contributed by atoms with van der Waals surface area (Å²) in [6.45, 7) is 0.620. The van der Waals surface area contributed by atoms with Crippen molar-refractivity contribution in [1.29, 1.82) is 0 Å². The quantitative estimate of drug-likeness (QED) is 0.717. The van der Waals surface area contributed by atoms with E-state index < -0.39 is 0 Å². The highest BCUT2D eigenvalue weighted by Gasteiger charge is 2.35. The second-order valence-electron chi connectivity index (χ2n) is 5.69. The maximum absolute atomic E-state index is 12.7. The van der Waals surface area contributed by atoms with Crippen LogP contribution < -0.4 is 0 Å². The summed E-state index contributed by atoms with van der Waals surface area (Å²) in [6, 6.07) is 8.50. The predicted molar refractivity (Wildman–Crippen MR) is 89.8 cm³/mol. The number of nitrogens with zero attached hydrogens (tertiary/aromatic N) is 5. The molecule has 0 spiro atoms. The molecule has 8 heteroatoms. The molecule has 0 bridgehead atoms. The van der Waals surface area contributed by atoms with Gasteiger partial charge in [0.05, 0.1) is 5.02 Å². The van der Waals surface area contributed by atoms with Crippen LogP contribution in [0.2, 0.25) is 5.02 Å². The molecule has 1 aliphatic heterocycles. The zero-order chi connectivity index (χ0) is 17.2. The van der Waals surface area contributed by atoms with Gasteiger partial charge in [-0.1, -0.05) is 22.8 Å². The Kier molecular flexibility index (Phi) is 4.15. The van der Waals surface area contributed by atoms with Crippen LogP contribution in [-0.2, 0) is 0 Å². The van der Waals surface area contributed by atoms with Gasteiger partial charge in [0.15, 0.2) is 0 Å². The first-order valence-corrected chi connectivity index (χ1v) is 8.28. The average Bonchev–Trinajstić information content (AvgIpc) is 3.32. The van der Waals surface area contributed by atoms with Gasteiger partial charge in [-0.05, 0) is 37.1 Å². The van der Waals surface area contributed by atoms with E-state index in [0.717, 1.165) is 12.8 Å². The summed E-state index contributed by atoms with van der Waals surface area (Å²) in [7, 11) is 0. The summed E-state index contributed by atoms with van der Waals surface area (Å²) in [5, 5.41) is 4.48. The lowest BCUT2D eigenvalue weighted by molar-refractivity contribution is 0.0704. The molecule has 0 aliphatic carbocycles. The molecule has 1 unspecified atom stereocenters. The lowest BCUT2D eigenvalue weighted by Crippen LogP contribution is -2.31. The lowest BCUT2D eigenvalue weighted by atomic mass is 10.2. The third kappa shape index (κ3) is 3.10. The summed E-state index contributed by atoms with van der Waals surface area (Å²) in [6.07, 6.45) is 4.77. The molecule has 1 saturated heterocycles. The van der Waals surface area contributed by atoms with Crippen LogP contribution in [0.15, 0.2) is 47.2 Å². The van der Waals surface area contributed by atoms with Crippen molar-refractivity contribution in [3.05, 3.63) is 59.3 Å². The highest BCUT2D eigenvalue weighted by molar-refractivity contribution is 6.30. The number of hydrogen-bond acceptors (Lipinski definition) is 6. The van der Waals surface area contributed by atoms with Gasteiger partial charge < -0.3 is 9.42 Å². The molecule has 3 aromatic rings. The van der Waals surface area contributed by atoms with E-state index in [2.05, 4.69) is 20.1 Å². The summed E-state index contributed by atoms with van der Waals surface area (Å²) in [5.41, 5.74) is 0.980. The molecule has 1 fully saturated rings. The van der Waals surface area contributed by atoms with Crippen molar-refractivity contribution in [3.8, 4) is 11.5 Å². The highest BCUT2D eigenvalue weighted by atomic mass is 35.5. The van der Waals surface area contributed by atoms with Crippen molar-refractivity contribution in [2.24, 2.45) is 0 Å². The topological polar surface area (TPSA) is 85.0 Å². The van der Waals surface area contributed by atoms with Crippen molar-refractivity contribution < 1.29 is 9.32 Å². The number of rotatable bonds is 3. The second-order valence-corrected chi connectivity index (χ2v) is 6.13.